The first-order chi connectivity index (χ1) is 18.1. The first-order valence-corrected chi connectivity index (χ1v) is 14.6. The number of unbranched alkanes of at least 4 members (excludes halogenated alkanes) is 9. The summed E-state index contributed by atoms with van der Waals surface area (Å²) < 4.78 is 13.6. The Morgan fingerprint density at radius 2 is 1.66 bits per heavy atom. The molecule has 1 aromatic heterocycles. The third-order valence-electron chi connectivity index (χ3n) is 6.46. The molecule has 3 rings (SSSR count). The van der Waals surface area contributed by atoms with Gasteiger partial charge in [-0.15, -0.1) is 0 Å². The SMILES string of the molecule is CCCCCCCCCCCCOc1cc(OC)ccc1C(=O)Nc1cccc(C[n+]2csc(C)c2)c1.[Br-]. The van der Waals surface area contributed by atoms with Crippen molar-refractivity contribution in [1.82, 2.24) is 0 Å². The van der Waals surface area contributed by atoms with Gasteiger partial charge in [-0.3, -0.25) is 4.79 Å². The topological polar surface area (TPSA) is 51.4 Å². The van der Waals surface area contributed by atoms with Crippen LogP contribution in [-0.4, -0.2) is 19.6 Å². The molecular weight excluding hydrogens is 560 g/mol. The van der Waals surface area contributed by atoms with Crippen LogP contribution >= 0.6 is 11.3 Å². The van der Waals surface area contributed by atoms with Gasteiger partial charge in [-0.05, 0) is 37.6 Å². The number of hydrogen-bond acceptors (Lipinski definition) is 4. The molecule has 0 radical (unpaired) electrons. The molecule has 1 heterocycles. The minimum atomic E-state index is -0.183. The third kappa shape index (κ3) is 11.2. The van der Waals surface area contributed by atoms with Crippen LogP contribution < -0.4 is 36.3 Å². The Bertz CT molecular complexity index is 1100. The van der Waals surface area contributed by atoms with E-state index in [9.17, 15) is 4.79 Å². The van der Waals surface area contributed by atoms with Crippen molar-refractivity contribution in [3.05, 3.63) is 70.2 Å². The number of rotatable bonds is 17. The number of anilines is 1. The average Bonchev–Trinajstić information content (AvgIpc) is 3.31. The van der Waals surface area contributed by atoms with E-state index < -0.39 is 0 Å². The van der Waals surface area contributed by atoms with Crippen molar-refractivity contribution >= 4 is 22.9 Å². The van der Waals surface area contributed by atoms with Crippen LogP contribution in [0.2, 0.25) is 0 Å². The normalized spacial score (nSPS) is 10.6. The van der Waals surface area contributed by atoms with Crippen LogP contribution in [0.5, 0.6) is 11.5 Å². The van der Waals surface area contributed by atoms with Crippen molar-refractivity contribution in [2.45, 2.75) is 84.6 Å². The van der Waals surface area contributed by atoms with Gasteiger partial charge in [0.1, 0.15) is 11.5 Å². The third-order valence-corrected chi connectivity index (χ3v) is 7.31. The van der Waals surface area contributed by atoms with Gasteiger partial charge < -0.3 is 31.8 Å². The Kier molecular flexibility index (Phi) is 15.1. The van der Waals surface area contributed by atoms with E-state index in [1.165, 1.54) is 56.2 Å². The Labute approximate surface area is 243 Å². The fourth-order valence-electron chi connectivity index (χ4n) is 4.39. The van der Waals surface area contributed by atoms with Gasteiger partial charge in [-0.2, -0.15) is 4.57 Å². The molecule has 3 aromatic rings. The molecule has 7 heteroatoms. The molecule has 0 spiro atoms. The van der Waals surface area contributed by atoms with Crippen molar-refractivity contribution in [2.24, 2.45) is 0 Å². The van der Waals surface area contributed by atoms with Gasteiger partial charge in [0.15, 0.2) is 12.7 Å². The molecule has 0 saturated carbocycles. The van der Waals surface area contributed by atoms with E-state index in [2.05, 4.69) is 41.5 Å². The van der Waals surface area contributed by atoms with Gasteiger partial charge in [-0.1, -0.05) is 88.2 Å². The van der Waals surface area contributed by atoms with Crippen molar-refractivity contribution in [3.63, 3.8) is 0 Å². The minimum Gasteiger partial charge on any atom is -1.00 e. The highest BCUT2D eigenvalue weighted by Gasteiger charge is 2.15. The van der Waals surface area contributed by atoms with Crippen LogP contribution in [0.3, 0.4) is 0 Å². The van der Waals surface area contributed by atoms with Crippen molar-refractivity contribution in [3.8, 4) is 11.5 Å². The lowest BCUT2D eigenvalue weighted by atomic mass is 10.1. The molecular formula is C31H43BrN2O3S. The van der Waals surface area contributed by atoms with Gasteiger partial charge in [0.05, 0.1) is 24.2 Å². The molecule has 1 N–H and O–H groups in total. The van der Waals surface area contributed by atoms with Gasteiger partial charge in [0, 0.05) is 17.3 Å². The number of carbonyl (C=O) groups excluding carboxylic acids is 1. The monoisotopic (exact) mass is 602 g/mol. The van der Waals surface area contributed by atoms with E-state index >= 15 is 0 Å². The molecule has 0 aliphatic heterocycles. The Hall–Kier alpha value is -2.38. The lowest BCUT2D eigenvalue weighted by Gasteiger charge is -2.13. The number of halogens is 1. The second-order valence-electron chi connectivity index (χ2n) is 9.68. The summed E-state index contributed by atoms with van der Waals surface area (Å²) in [4.78, 5) is 14.4. The lowest BCUT2D eigenvalue weighted by Crippen LogP contribution is -3.00. The number of ether oxygens (including phenoxy) is 2. The second-order valence-corrected chi connectivity index (χ2v) is 10.8. The van der Waals surface area contributed by atoms with Crippen LogP contribution in [0.1, 0.15) is 91.9 Å². The quantitative estimate of drug-likeness (QED) is 0.175. The highest BCUT2D eigenvalue weighted by Crippen LogP contribution is 2.26. The highest BCUT2D eigenvalue weighted by molar-refractivity contribution is 7.09. The molecule has 208 valence electrons. The fraction of sp³-hybridized carbons (Fsp3) is 0.484. The smallest absolute Gasteiger partial charge is 0.259 e. The van der Waals surface area contributed by atoms with E-state index in [0.29, 0.717) is 23.7 Å². The number of hydrogen-bond donors (Lipinski definition) is 1. The lowest BCUT2D eigenvalue weighted by molar-refractivity contribution is -0.683. The molecule has 0 fully saturated rings. The number of thiazole rings is 1. The molecule has 0 atom stereocenters. The number of benzene rings is 2. The number of aromatic nitrogens is 1. The molecule has 0 saturated heterocycles. The highest BCUT2D eigenvalue weighted by atomic mass is 79.9. The van der Waals surface area contributed by atoms with E-state index in [1.807, 2.05) is 18.2 Å². The van der Waals surface area contributed by atoms with Gasteiger partial charge in [0.25, 0.3) is 5.91 Å². The maximum Gasteiger partial charge on any atom is 0.259 e. The average molecular weight is 604 g/mol. The first-order valence-electron chi connectivity index (χ1n) is 13.7. The van der Waals surface area contributed by atoms with Crippen LogP contribution in [0.15, 0.2) is 54.2 Å². The second kappa shape index (κ2) is 18.0. The predicted octanol–water partition coefficient (Wildman–Crippen LogP) is 4.96. The van der Waals surface area contributed by atoms with E-state index in [0.717, 1.165) is 30.6 Å². The molecule has 1 amide bonds. The summed E-state index contributed by atoms with van der Waals surface area (Å²) in [5.41, 5.74) is 4.52. The van der Waals surface area contributed by atoms with E-state index in [4.69, 9.17) is 9.47 Å². The number of aryl methyl sites for hydroxylation is 1. The zero-order valence-corrected chi connectivity index (χ0v) is 25.5. The van der Waals surface area contributed by atoms with Gasteiger partial charge in [0.2, 0.25) is 5.51 Å². The number of amides is 1. The van der Waals surface area contributed by atoms with Crippen LogP contribution in [0.25, 0.3) is 0 Å². The first kappa shape index (κ1) is 31.8. The van der Waals surface area contributed by atoms with Crippen molar-refractivity contribution in [2.75, 3.05) is 19.0 Å². The van der Waals surface area contributed by atoms with Crippen molar-refractivity contribution < 1.29 is 35.8 Å². The van der Waals surface area contributed by atoms with E-state index in [1.54, 1.807) is 36.6 Å². The largest absolute Gasteiger partial charge is 1.00 e. The number of nitrogens with zero attached hydrogens (tertiary/aromatic N) is 1. The molecule has 0 aliphatic carbocycles. The zero-order valence-electron chi connectivity index (χ0n) is 23.1. The number of carbonyl (C=O) groups is 1. The Morgan fingerprint density at radius 1 is 0.947 bits per heavy atom. The maximum absolute atomic E-state index is 13.2. The molecule has 0 aliphatic rings. The molecule has 2 aromatic carbocycles. The van der Waals surface area contributed by atoms with Crippen LogP contribution in [-0.2, 0) is 6.54 Å². The predicted molar refractivity (Wildman–Crippen MR) is 153 cm³/mol. The summed E-state index contributed by atoms with van der Waals surface area (Å²) in [7, 11) is 1.62. The number of methoxy groups -OCH3 is 1. The minimum absolute atomic E-state index is 0. The molecule has 38 heavy (non-hydrogen) atoms. The van der Waals surface area contributed by atoms with Gasteiger partial charge >= 0.3 is 0 Å². The molecule has 5 nitrogen and oxygen atoms in total. The zero-order chi connectivity index (χ0) is 26.3. The molecule has 0 bridgehead atoms. The Morgan fingerprint density at radius 3 is 2.32 bits per heavy atom. The fourth-order valence-corrected chi connectivity index (χ4v) is 5.03. The summed E-state index contributed by atoms with van der Waals surface area (Å²) in [6.45, 7) is 5.72. The number of nitrogens with one attached hydrogen (secondary N) is 1. The van der Waals surface area contributed by atoms with Crippen LogP contribution in [0.4, 0.5) is 5.69 Å². The summed E-state index contributed by atoms with van der Waals surface area (Å²) >= 11 is 1.73. The molecule has 0 unspecified atom stereocenters. The Balaban J connectivity index is 0.00000507. The maximum atomic E-state index is 13.2. The van der Waals surface area contributed by atoms with E-state index in [-0.39, 0.29) is 22.9 Å². The van der Waals surface area contributed by atoms with Crippen molar-refractivity contribution in [1.29, 1.82) is 0 Å². The summed E-state index contributed by atoms with van der Waals surface area (Å²) in [6, 6.07) is 13.4. The van der Waals surface area contributed by atoms with Crippen LogP contribution in [0, 0.1) is 6.92 Å². The summed E-state index contributed by atoms with van der Waals surface area (Å²) in [5.74, 6) is 1.06. The summed E-state index contributed by atoms with van der Waals surface area (Å²) in [5, 5.41) is 3.04. The summed E-state index contributed by atoms with van der Waals surface area (Å²) in [6.07, 6.45) is 14.9. The standard InChI is InChI=1S/C31H42N2O3S.BrH/c1-4-5-6-7-8-9-10-11-12-13-19-36-30-21-28(35-3)17-18-29(30)31(34)32-27-16-14-15-26(20-27)23-33-22-25(2)37-24-33;/h14-18,20-22,24H,4-13,19,23H2,1-3H3;1H. The van der Waals surface area contributed by atoms with Gasteiger partial charge in [-0.25, -0.2) is 0 Å².